The predicted octanol–water partition coefficient (Wildman–Crippen LogP) is 1.49. The molecule has 0 aromatic heterocycles. The van der Waals surface area contributed by atoms with Crippen LogP contribution in [0.15, 0.2) is 30.3 Å². The summed E-state index contributed by atoms with van der Waals surface area (Å²) in [6.45, 7) is 5.59. The number of carbonyl (C=O) groups excluding carboxylic acids is 4. The van der Waals surface area contributed by atoms with Gasteiger partial charge in [-0.15, -0.1) is 0 Å². The Hall–Kier alpha value is -2.70. The second-order valence-electron chi connectivity index (χ2n) is 5.96. The average Bonchev–Trinajstić information content (AvgIpc) is 2.74. The minimum atomic E-state index is -0.946. The molecule has 0 bridgehead atoms. The molecule has 7 heteroatoms. The molecule has 24 heavy (non-hydrogen) atoms. The van der Waals surface area contributed by atoms with E-state index in [9.17, 15) is 19.2 Å². The number of imide groups is 2. The Morgan fingerprint density at radius 3 is 2.17 bits per heavy atom. The number of urea groups is 1. The smallest absolute Gasteiger partial charge is 0.311 e. The van der Waals surface area contributed by atoms with Crippen LogP contribution >= 0.6 is 0 Å². The van der Waals surface area contributed by atoms with Gasteiger partial charge >= 0.3 is 17.8 Å². The molecule has 7 nitrogen and oxygen atoms in total. The van der Waals surface area contributed by atoms with E-state index < -0.39 is 30.3 Å². The number of hydrogen-bond acceptors (Lipinski definition) is 4. The largest absolute Gasteiger partial charge is 0.334 e. The molecule has 0 radical (unpaired) electrons. The van der Waals surface area contributed by atoms with Gasteiger partial charge in [-0.2, -0.15) is 0 Å². The highest BCUT2D eigenvalue weighted by atomic mass is 16.2. The first-order valence-corrected chi connectivity index (χ1v) is 7.89. The van der Waals surface area contributed by atoms with E-state index in [1.165, 1.54) is 4.90 Å². The zero-order valence-corrected chi connectivity index (χ0v) is 14.1. The van der Waals surface area contributed by atoms with Crippen LogP contribution in [0.1, 0.15) is 20.8 Å². The summed E-state index contributed by atoms with van der Waals surface area (Å²) in [5, 5.41) is 0. The zero-order chi connectivity index (χ0) is 17.9. The highest BCUT2D eigenvalue weighted by Crippen LogP contribution is 2.17. The Balaban J connectivity index is 2.14. The van der Waals surface area contributed by atoms with Gasteiger partial charge in [0.15, 0.2) is 0 Å². The van der Waals surface area contributed by atoms with Crippen molar-refractivity contribution < 1.29 is 19.2 Å². The third kappa shape index (κ3) is 3.45. The van der Waals surface area contributed by atoms with E-state index in [4.69, 9.17) is 0 Å². The van der Waals surface area contributed by atoms with Gasteiger partial charge in [0.2, 0.25) is 5.91 Å². The number of carbonyl (C=O) groups is 4. The predicted molar refractivity (Wildman–Crippen MR) is 88.1 cm³/mol. The fourth-order valence-electron chi connectivity index (χ4n) is 2.55. The molecule has 1 aliphatic rings. The number of para-hydroxylation sites is 1. The SMILES string of the molecule is CCN(C(=O)CN1C(=O)C(=O)N(CC(C)C)C1=O)c1ccccc1. The molecule has 128 valence electrons. The first kappa shape index (κ1) is 17.7. The van der Waals surface area contributed by atoms with E-state index in [0.29, 0.717) is 12.2 Å². The molecule has 1 fully saturated rings. The number of amides is 5. The number of rotatable bonds is 6. The maximum atomic E-state index is 12.5. The molecule has 0 atom stereocenters. The molecule has 0 aliphatic carbocycles. The van der Waals surface area contributed by atoms with E-state index >= 15 is 0 Å². The fraction of sp³-hybridized carbons (Fsp3) is 0.412. The van der Waals surface area contributed by atoms with Crippen molar-refractivity contribution in [3.05, 3.63) is 30.3 Å². The van der Waals surface area contributed by atoms with Crippen molar-refractivity contribution in [3.8, 4) is 0 Å². The highest BCUT2D eigenvalue weighted by molar-refractivity contribution is 6.45. The Morgan fingerprint density at radius 1 is 1.04 bits per heavy atom. The Labute approximate surface area is 140 Å². The molecular formula is C17H21N3O4. The number of anilines is 1. The van der Waals surface area contributed by atoms with Crippen LogP contribution in [0.5, 0.6) is 0 Å². The van der Waals surface area contributed by atoms with Gasteiger partial charge in [0.25, 0.3) is 0 Å². The average molecular weight is 331 g/mol. The van der Waals surface area contributed by atoms with Crippen molar-refractivity contribution in [2.24, 2.45) is 5.92 Å². The molecule has 0 unspecified atom stereocenters. The topological polar surface area (TPSA) is 78.0 Å². The molecule has 1 aromatic rings. The van der Waals surface area contributed by atoms with Crippen molar-refractivity contribution in [1.82, 2.24) is 9.80 Å². The Kier molecular flexibility index (Phi) is 5.33. The van der Waals surface area contributed by atoms with Gasteiger partial charge < -0.3 is 4.90 Å². The lowest BCUT2D eigenvalue weighted by Gasteiger charge is -2.23. The molecule has 1 heterocycles. The van der Waals surface area contributed by atoms with E-state index in [-0.39, 0.29) is 12.5 Å². The van der Waals surface area contributed by atoms with E-state index in [2.05, 4.69) is 0 Å². The minimum absolute atomic E-state index is 0.0396. The van der Waals surface area contributed by atoms with Crippen LogP contribution in [-0.2, 0) is 14.4 Å². The second kappa shape index (κ2) is 7.25. The highest BCUT2D eigenvalue weighted by Gasteiger charge is 2.45. The van der Waals surface area contributed by atoms with Crippen molar-refractivity contribution in [3.63, 3.8) is 0 Å². The van der Waals surface area contributed by atoms with Crippen LogP contribution in [0.25, 0.3) is 0 Å². The van der Waals surface area contributed by atoms with Crippen molar-refractivity contribution >= 4 is 29.4 Å². The summed E-state index contributed by atoms with van der Waals surface area (Å²) in [5.74, 6) is -2.19. The summed E-state index contributed by atoms with van der Waals surface area (Å²) in [6.07, 6.45) is 0. The third-order valence-corrected chi connectivity index (χ3v) is 3.66. The quantitative estimate of drug-likeness (QED) is 0.584. The monoisotopic (exact) mass is 331 g/mol. The Bertz CT molecular complexity index is 657. The summed E-state index contributed by atoms with van der Waals surface area (Å²) in [4.78, 5) is 51.9. The maximum absolute atomic E-state index is 12.5. The Morgan fingerprint density at radius 2 is 1.62 bits per heavy atom. The lowest BCUT2D eigenvalue weighted by molar-refractivity contribution is -0.144. The van der Waals surface area contributed by atoms with Crippen LogP contribution in [0, 0.1) is 5.92 Å². The first-order valence-electron chi connectivity index (χ1n) is 7.89. The van der Waals surface area contributed by atoms with E-state index in [1.807, 2.05) is 19.9 Å². The van der Waals surface area contributed by atoms with Crippen LogP contribution in [0.3, 0.4) is 0 Å². The van der Waals surface area contributed by atoms with Crippen molar-refractivity contribution in [2.75, 3.05) is 24.5 Å². The van der Waals surface area contributed by atoms with E-state index in [0.717, 1.165) is 9.80 Å². The minimum Gasteiger partial charge on any atom is -0.311 e. The number of likely N-dealkylation sites (N-methyl/N-ethyl adjacent to an activating group) is 1. The van der Waals surface area contributed by atoms with Gasteiger partial charge in [-0.1, -0.05) is 32.0 Å². The molecule has 1 saturated heterocycles. The normalized spacial score (nSPS) is 14.8. The lowest BCUT2D eigenvalue weighted by atomic mass is 10.2. The molecule has 1 aromatic carbocycles. The number of hydrogen-bond donors (Lipinski definition) is 0. The zero-order valence-electron chi connectivity index (χ0n) is 14.1. The second-order valence-corrected chi connectivity index (χ2v) is 5.96. The van der Waals surface area contributed by atoms with Gasteiger partial charge in [0.05, 0.1) is 0 Å². The summed E-state index contributed by atoms with van der Waals surface area (Å²) in [7, 11) is 0. The molecule has 5 amide bonds. The molecule has 1 aliphatic heterocycles. The fourth-order valence-corrected chi connectivity index (χ4v) is 2.55. The number of nitrogens with zero attached hydrogens (tertiary/aromatic N) is 3. The summed E-state index contributed by atoms with van der Waals surface area (Å²) < 4.78 is 0. The maximum Gasteiger partial charge on any atom is 0.334 e. The standard InChI is InChI=1S/C17H21N3O4/c1-4-18(13-8-6-5-7-9-13)14(21)11-20-16(23)15(22)19(17(20)24)10-12(2)3/h5-9,12H,4,10-11H2,1-3H3. The van der Waals surface area contributed by atoms with Crippen LogP contribution in [0.4, 0.5) is 10.5 Å². The molecule has 0 N–H and O–H groups in total. The summed E-state index contributed by atoms with van der Waals surface area (Å²) in [6, 6.07) is 8.24. The first-order chi connectivity index (χ1) is 11.4. The molecular weight excluding hydrogens is 310 g/mol. The molecule has 0 spiro atoms. The van der Waals surface area contributed by atoms with Gasteiger partial charge in [0, 0.05) is 18.8 Å². The van der Waals surface area contributed by atoms with Crippen LogP contribution in [0.2, 0.25) is 0 Å². The molecule has 2 rings (SSSR count). The van der Waals surface area contributed by atoms with Gasteiger partial charge in [-0.05, 0) is 25.0 Å². The van der Waals surface area contributed by atoms with Crippen LogP contribution in [-0.4, -0.2) is 53.2 Å². The van der Waals surface area contributed by atoms with E-state index in [1.54, 1.807) is 31.2 Å². The number of benzene rings is 1. The molecule has 0 saturated carbocycles. The van der Waals surface area contributed by atoms with Gasteiger partial charge in [-0.3, -0.25) is 19.3 Å². The van der Waals surface area contributed by atoms with Gasteiger partial charge in [-0.25, -0.2) is 9.69 Å². The van der Waals surface area contributed by atoms with Crippen LogP contribution < -0.4 is 4.90 Å². The van der Waals surface area contributed by atoms with Gasteiger partial charge in [0.1, 0.15) is 6.54 Å². The van der Waals surface area contributed by atoms with Crippen molar-refractivity contribution in [2.45, 2.75) is 20.8 Å². The summed E-state index contributed by atoms with van der Waals surface area (Å²) in [5.41, 5.74) is 0.675. The third-order valence-electron chi connectivity index (χ3n) is 3.66. The lowest BCUT2D eigenvalue weighted by Crippen LogP contribution is -2.43. The summed E-state index contributed by atoms with van der Waals surface area (Å²) >= 11 is 0. The van der Waals surface area contributed by atoms with Crippen molar-refractivity contribution in [1.29, 1.82) is 0 Å².